The second-order valence-electron chi connectivity index (χ2n) is 6.84. The lowest BCUT2D eigenvalue weighted by Gasteiger charge is -2.01. The van der Waals surface area contributed by atoms with Crippen LogP contribution in [0.3, 0.4) is 0 Å². The molecule has 186 valence electrons. The number of carboxylic acids is 3. The number of para-hydroxylation sites is 3. The monoisotopic (exact) mass is 528 g/mol. The fourth-order valence-corrected chi connectivity index (χ4v) is 3.83. The van der Waals surface area contributed by atoms with Crippen LogP contribution >= 0.6 is 0 Å². The fraction of sp³-hybridized carbons (Fsp3) is 0. The summed E-state index contributed by atoms with van der Waals surface area (Å²) < 4.78 is 14.8. The van der Waals surface area contributed by atoms with Crippen LogP contribution in [-0.4, -0.2) is 63.1 Å². The van der Waals surface area contributed by atoms with E-state index in [2.05, 4.69) is 0 Å². The third-order valence-corrected chi connectivity index (χ3v) is 5.63. The largest absolute Gasteiger partial charge is 1.38 e. The molecule has 0 aromatic heterocycles. The highest BCUT2D eigenvalue weighted by molar-refractivity contribution is 6.35. The molecule has 0 fully saturated rings. The van der Waals surface area contributed by atoms with Gasteiger partial charge in [0.1, 0.15) is 16.7 Å². The van der Waals surface area contributed by atoms with E-state index in [1.165, 1.54) is 36.4 Å². The summed E-state index contributed by atoms with van der Waals surface area (Å²) in [7, 11) is 0. The Bertz CT molecular complexity index is 1260. The van der Waals surface area contributed by atoms with Gasteiger partial charge in [0, 0.05) is 18.2 Å². The van der Waals surface area contributed by atoms with Crippen LogP contribution < -0.4 is 0 Å². The van der Waals surface area contributed by atoms with E-state index in [1.54, 1.807) is 0 Å². The molecule has 0 radical (unpaired) electrons. The van der Waals surface area contributed by atoms with Crippen LogP contribution in [0, 0.1) is 14.7 Å². The summed E-state index contributed by atoms with van der Waals surface area (Å²) in [6.07, 6.45) is 0. The quantitative estimate of drug-likeness (QED) is 0.229. The van der Waals surface area contributed by atoms with Crippen LogP contribution in [0.5, 0.6) is 0 Å². The van der Waals surface area contributed by atoms with Crippen LogP contribution in [0.2, 0.25) is 0 Å². The first-order chi connectivity index (χ1) is 17.6. The minimum absolute atomic E-state index is 0.353. The summed E-state index contributed by atoms with van der Waals surface area (Å²) in [5, 5.41) is 27.9. The molecule has 3 N–H and O–H groups in total. The summed E-state index contributed by atoms with van der Waals surface area (Å²) in [4.78, 5) is 71.2. The predicted molar refractivity (Wildman–Crippen MR) is 119 cm³/mol. The van der Waals surface area contributed by atoms with Crippen LogP contribution in [-0.2, 0) is 11.7 Å². The molecular formula is C21H15AlN3O12+3. The average molecular weight is 528 g/mol. The Balaban J connectivity index is 1.95. The third kappa shape index (κ3) is 6.28. The lowest BCUT2D eigenvalue weighted by Crippen LogP contribution is -2.35. The molecule has 0 spiro atoms. The Morgan fingerprint density at radius 1 is 0.514 bits per heavy atom. The zero-order chi connectivity index (χ0) is 27.1. The molecule has 0 aliphatic rings. The Morgan fingerprint density at radius 3 is 1.00 bits per heavy atom. The second kappa shape index (κ2) is 11.5. The Morgan fingerprint density at radius 2 is 0.757 bits per heavy atom. The zero-order valence-electron chi connectivity index (χ0n) is 18.4. The molecular weight excluding hydrogens is 513 g/mol. The summed E-state index contributed by atoms with van der Waals surface area (Å²) in [5.41, 5.74) is -3.16. The number of nitrogens with zero attached hydrogens (tertiary/aromatic N) is 3. The highest BCUT2D eigenvalue weighted by Crippen LogP contribution is 2.24. The molecule has 3 rings (SSSR count). The molecule has 3 aromatic carbocycles. The molecule has 3 aromatic rings. The van der Waals surface area contributed by atoms with Gasteiger partial charge < -0.3 is 15.3 Å². The predicted octanol–water partition coefficient (Wildman–Crippen LogP) is 3.19. The SMILES string of the molecule is O=C(O)c1ccccc1[N+](=O)[O][Al]([O][N+](=O)c1ccccc1C(=O)O)[O][N+](=O)c1ccccc1C(=O)O. The van der Waals surface area contributed by atoms with Crippen LogP contribution in [0.25, 0.3) is 0 Å². The van der Waals surface area contributed by atoms with E-state index < -0.39 is 66.8 Å². The number of rotatable bonds is 12. The van der Waals surface area contributed by atoms with Gasteiger partial charge in [0.05, 0.1) is 14.7 Å². The zero-order valence-corrected chi connectivity index (χ0v) is 19.5. The van der Waals surface area contributed by atoms with E-state index >= 15 is 0 Å². The van der Waals surface area contributed by atoms with Gasteiger partial charge in [-0.15, -0.1) is 0 Å². The Kier molecular flexibility index (Phi) is 8.20. The van der Waals surface area contributed by atoms with Crippen LogP contribution in [0.15, 0.2) is 72.8 Å². The molecule has 0 aliphatic carbocycles. The van der Waals surface area contributed by atoms with Gasteiger partial charge in [-0.1, -0.05) is 36.4 Å². The highest BCUT2D eigenvalue weighted by atomic mass is 27.3. The van der Waals surface area contributed by atoms with Crippen molar-refractivity contribution < 1.29 is 56.1 Å². The van der Waals surface area contributed by atoms with Crippen molar-refractivity contribution in [1.82, 2.24) is 0 Å². The van der Waals surface area contributed by atoms with Crippen molar-refractivity contribution in [3.05, 3.63) is 104 Å². The van der Waals surface area contributed by atoms with Crippen LogP contribution in [0.4, 0.5) is 17.1 Å². The van der Waals surface area contributed by atoms with Gasteiger partial charge in [0.15, 0.2) is 0 Å². The minimum atomic E-state index is -4.31. The molecule has 0 aliphatic heterocycles. The van der Waals surface area contributed by atoms with E-state index in [4.69, 9.17) is 11.7 Å². The van der Waals surface area contributed by atoms with Gasteiger partial charge in [-0.3, -0.25) is 11.7 Å². The number of carboxylic acid groups (broad SMARTS) is 3. The lowest BCUT2D eigenvalue weighted by molar-refractivity contribution is -0.788. The molecule has 0 amide bonds. The van der Waals surface area contributed by atoms with Crippen molar-refractivity contribution >= 4 is 50.1 Å². The van der Waals surface area contributed by atoms with Crippen molar-refractivity contribution in [2.75, 3.05) is 0 Å². The second-order valence-corrected chi connectivity index (χ2v) is 8.05. The first-order valence-corrected chi connectivity index (χ1v) is 11.4. The fourth-order valence-electron chi connectivity index (χ4n) is 2.90. The van der Waals surface area contributed by atoms with Crippen molar-refractivity contribution in [2.45, 2.75) is 0 Å². The summed E-state index contributed by atoms with van der Waals surface area (Å²) in [5.74, 6) is -4.50. The maximum atomic E-state index is 12.6. The number of aromatic carboxylic acids is 3. The average Bonchev–Trinajstić information content (AvgIpc) is 2.88. The smallest absolute Gasteiger partial charge is 0.477 e. The topological polar surface area (TPSA) is 200 Å². The van der Waals surface area contributed by atoms with E-state index in [0.717, 1.165) is 36.4 Å². The molecule has 0 bridgehead atoms. The summed E-state index contributed by atoms with van der Waals surface area (Å²) >= 11 is -4.31. The Hall–Kier alpha value is -5.20. The normalized spacial score (nSPS) is 10.1. The number of carbonyl (C=O) groups is 3. The van der Waals surface area contributed by atoms with E-state index in [1.807, 2.05) is 0 Å². The molecule has 0 saturated carbocycles. The Labute approximate surface area is 210 Å². The molecule has 0 saturated heterocycles. The van der Waals surface area contributed by atoms with E-state index in [-0.39, 0.29) is 14.8 Å². The first-order valence-electron chi connectivity index (χ1n) is 9.99. The van der Waals surface area contributed by atoms with Gasteiger partial charge in [0.25, 0.3) is 0 Å². The highest BCUT2D eigenvalue weighted by Gasteiger charge is 2.67. The lowest BCUT2D eigenvalue weighted by atomic mass is 10.2. The molecule has 0 heterocycles. The minimum Gasteiger partial charge on any atom is -0.477 e. The molecule has 0 unspecified atom stereocenters. The first kappa shape index (κ1) is 26.4. The van der Waals surface area contributed by atoms with Gasteiger partial charge in [-0.25, -0.2) is 14.4 Å². The van der Waals surface area contributed by atoms with Gasteiger partial charge in [-0.05, 0) is 18.2 Å². The van der Waals surface area contributed by atoms with E-state index in [9.17, 15) is 44.4 Å². The van der Waals surface area contributed by atoms with Gasteiger partial charge in [0.2, 0.25) is 14.8 Å². The maximum absolute atomic E-state index is 12.6. The molecule has 15 nitrogen and oxygen atoms in total. The van der Waals surface area contributed by atoms with Crippen molar-refractivity contribution in [3.8, 4) is 0 Å². The van der Waals surface area contributed by atoms with Gasteiger partial charge in [-0.2, -0.15) is 0 Å². The molecule has 37 heavy (non-hydrogen) atoms. The standard InChI is InChI=1S/3C7H5NO4.Al/c3*9-7(10)5-3-1-2-4-6(5)8(11)12;/h3*1-4H,(H,9,10);/q;;;+3. The van der Waals surface area contributed by atoms with Gasteiger partial charge >= 0.3 is 50.1 Å². The van der Waals surface area contributed by atoms with E-state index in [0.29, 0.717) is 0 Å². The summed E-state index contributed by atoms with van der Waals surface area (Å²) in [6.45, 7) is 0. The van der Waals surface area contributed by atoms with Crippen molar-refractivity contribution in [3.63, 3.8) is 0 Å². The molecule has 0 atom stereocenters. The number of hydrogen-bond acceptors (Lipinski definition) is 9. The van der Waals surface area contributed by atoms with Crippen LogP contribution in [0.1, 0.15) is 31.1 Å². The summed E-state index contributed by atoms with van der Waals surface area (Å²) in [6, 6.07) is 14.3. The van der Waals surface area contributed by atoms with Crippen molar-refractivity contribution in [1.29, 1.82) is 0 Å². The van der Waals surface area contributed by atoms with Crippen molar-refractivity contribution in [2.24, 2.45) is 0 Å². The third-order valence-electron chi connectivity index (χ3n) is 4.54. The number of hydrogen-bond donors (Lipinski definition) is 3. The molecule has 16 heteroatoms. The maximum Gasteiger partial charge on any atom is 1.38 e. The number of benzene rings is 3.